The van der Waals surface area contributed by atoms with Crippen molar-refractivity contribution in [2.75, 3.05) is 32.1 Å². The molecule has 5 nitrogen and oxygen atoms in total. The SMILES string of the molecule is COCCNC(=O)CCNc1ncc(Cl)cc1Br. The van der Waals surface area contributed by atoms with Crippen LogP contribution in [0.1, 0.15) is 6.42 Å². The van der Waals surface area contributed by atoms with E-state index in [4.69, 9.17) is 16.3 Å². The zero-order valence-corrected chi connectivity index (χ0v) is 12.3. The van der Waals surface area contributed by atoms with Crippen molar-refractivity contribution in [3.8, 4) is 0 Å². The fraction of sp³-hybridized carbons (Fsp3) is 0.455. The van der Waals surface area contributed by atoms with Gasteiger partial charge in [0.05, 0.1) is 16.1 Å². The van der Waals surface area contributed by atoms with Gasteiger partial charge in [-0.15, -0.1) is 0 Å². The number of hydrogen-bond donors (Lipinski definition) is 2. The number of methoxy groups -OCH3 is 1. The third-order valence-corrected chi connectivity index (χ3v) is 2.89. The number of amides is 1. The Hall–Kier alpha value is -0.850. The number of pyridine rings is 1. The average Bonchev–Trinajstić information content (AvgIpc) is 2.32. The molecule has 1 amide bonds. The third kappa shape index (κ3) is 5.66. The highest BCUT2D eigenvalue weighted by molar-refractivity contribution is 9.10. The number of carbonyl (C=O) groups excluding carboxylic acids is 1. The van der Waals surface area contributed by atoms with Crippen LogP contribution in [0, 0.1) is 0 Å². The summed E-state index contributed by atoms with van der Waals surface area (Å²) in [7, 11) is 1.59. The lowest BCUT2D eigenvalue weighted by Gasteiger charge is -2.08. The number of rotatable bonds is 7. The summed E-state index contributed by atoms with van der Waals surface area (Å²) >= 11 is 9.12. The van der Waals surface area contributed by atoms with Crippen LogP contribution in [-0.4, -0.2) is 37.7 Å². The van der Waals surface area contributed by atoms with Crippen LogP contribution >= 0.6 is 27.5 Å². The van der Waals surface area contributed by atoms with E-state index in [1.807, 2.05) is 0 Å². The zero-order chi connectivity index (χ0) is 13.4. The first-order valence-electron chi connectivity index (χ1n) is 5.44. The first-order chi connectivity index (χ1) is 8.63. The van der Waals surface area contributed by atoms with Crippen molar-refractivity contribution in [3.63, 3.8) is 0 Å². The fourth-order valence-corrected chi connectivity index (χ4v) is 2.00. The van der Waals surface area contributed by atoms with Crippen LogP contribution < -0.4 is 10.6 Å². The van der Waals surface area contributed by atoms with E-state index in [-0.39, 0.29) is 5.91 Å². The summed E-state index contributed by atoms with van der Waals surface area (Å²) in [6.07, 6.45) is 1.92. The van der Waals surface area contributed by atoms with Gasteiger partial charge in [0.15, 0.2) is 0 Å². The maximum absolute atomic E-state index is 11.4. The molecule has 0 aliphatic heterocycles. The molecule has 0 saturated carbocycles. The minimum atomic E-state index is -0.0235. The van der Waals surface area contributed by atoms with Gasteiger partial charge in [0.2, 0.25) is 5.91 Å². The van der Waals surface area contributed by atoms with E-state index in [9.17, 15) is 4.79 Å². The normalized spacial score (nSPS) is 10.2. The maximum Gasteiger partial charge on any atom is 0.221 e. The largest absolute Gasteiger partial charge is 0.383 e. The second-order valence-corrected chi connectivity index (χ2v) is 4.79. The smallest absolute Gasteiger partial charge is 0.221 e. The molecule has 0 atom stereocenters. The fourth-order valence-electron chi connectivity index (χ4n) is 1.22. The number of halogens is 2. The van der Waals surface area contributed by atoms with Crippen LogP contribution in [0.3, 0.4) is 0 Å². The van der Waals surface area contributed by atoms with E-state index < -0.39 is 0 Å². The van der Waals surface area contributed by atoms with E-state index in [0.29, 0.717) is 37.0 Å². The third-order valence-electron chi connectivity index (χ3n) is 2.08. The van der Waals surface area contributed by atoms with E-state index in [0.717, 1.165) is 4.47 Å². The van der Waals surface area contributed by atoms with Crippen molar-refractivity contribution >= 4 is 39.3 Å². The predicted molar refractivity (Wildman–Crippen MR) is 74.9 cm³/mol. The van der Waals surface area contributed by atoms with Crippen LogP contribution in [0.2, 0.25) is 5.02 Å². The molecule has 1 aromatic heterocycles. The van der Waals surface area contributed by atoms with Crippen molar-refractivity contribution in [2.24, 2.45) is 0 Å². The quantitative estimate of drug-likeness (QED) is 0.748. The second-order valence-electron chi connectivity index (χ2n) is 3.50. The highest BCUT2D eigenvalue weighted by Crippen LogP contribution is 2.22. The van der Waals surface area contributed by atoms with Gasteiger partial charge >= 0.3 is 0 Å². The Morgan fingerprint density at radius 3 is 3.00 bits per heavy atom. The van der Waals surface area contributed by atoms with Crippen molar-refractivity contribution in [2.45, 2.75) is 6.42 Å². The molecule has 0 unspecified atom stereocenters. The van der Waals surface area contributed by atoms with Crippen LogP contribution in [0.15, 0.2) is 16.7 Å². The van der Waals surface area contributed by atoms with E-state index in [1.54, 1.807) is 19.4 Å². The van der Waals surface area contributed by atoms with E-state index in [2.05, 4.69) is 31.5 Å². The van der Waals surface area contributed by atoms with Gasteiger partial charge in [0.25, 0.3) is 0 Å². The van der Waals surface area contributed by atoms with Crippen molar-refractivity contribution in [1.82, 2.24) is 10.3 Å². The van der Waals surface area contributed by atoms with Gasteiger partial charge in [-0.05, 0) is 22.0 Å². The first kappa shape index (κ1) is 15.2. The molecule has 18 heavy (non-hydrogen) atoms. The van der Waals surface area contributed by atoms with Gasteiger partial charge in [-0.3, -0.25) is 4.79 Å². The number of nitrogens with zero attached hydrogens (tertiary/aromatic N) is 1. The van der Waals surface area contributed by atoms with Gasteiger partial charge in [-0.1, -0.05) is 11.6 Å². The van der Waals surface area contributed by atoms with Crippen molar-refractivity contribution in [3.05, 3.63) is 21.8 Å². The summed E-state index contributed by atoms with van der Waals surface area (Å²) in [6.45, 7) is 1.55. The predicted octanol–water partition coefficient (Wildman–Crippen LogP) is 2.06. The Labute approximate surface area is 119 Å². The molecule has 0 aliphatic carbocycles. The van der Waals surface area contributed by atoms with Crippen LogP contribution in [0.4, 0.5) is 5.82 Å². The van der Waals surface area contributed by atoms with Crippen molar-refractivity contribution in [1.29, 1.82) is 0 Å². The lowest BCUT2D eigenvalue weighted by Crippen LogP contribution is -2.28. The molecule has 7 heteroatoms. The second kappa shape index (κ2) is 8.29. The molecule has 0 radical (unpaired) electrons. The van der Waals surface area contributed by atoms with E-state index in [1.165, 1.54) is 0 Å². The average molecular weight is 337 g/mol. The molecule has 0 fully saturated rings. The Morgan fingerprint density at radius 1 is 1.56 bits per heavy atom. The standard InChI is InChI=1S/C11H15BrClN3O2/c1-18-5-4-14-10(17)2-3-15-11-9(12)6-8(13)7-16-11/h6-7H,2-5H2,1H3,(H,14,17)(H,15,16). The van der Waals surface area contributed by atoms with Gasteiger partial charge < -0.3 is 15.4 Å². The minimum absolute atomic E-state index is 0.0235. The number of carbonyl (C=O) groups is 1. The van der Waals surface area contributed by atoms with Crippen LogP contribution in [0.25, 0.3) is 0 Å². The molecule has 2 N–H and O–H groups in total. The van der Waals surface area contributed by atoms with Crippen LogP contribution in [-0.2, 0) is 9.53 Å². The summed E-state index contributed by atoms with van der Waals surface area (Å²) < 4.78 is 5.61. The highest BCUT2D eigenvalue weighted by atomic mass is 79.9. The minimum Gasteiger partial charge on any atom is -0.383 e. The summed E-state index contributed by atoms with van der Waals surface area (Å²) in [6, 6.07) is 1.75. The van der Waals surface area contributed by atoms with Gasteiger partial charge in [-0.2, -0.15) is 0 Å². The lowest BCUT2D eigenvalue weighted by molar-refractivity contribution is -0.121. The topological polar surface area (TPSA) is 63.2 Å². The summed E-state index contributed by atoms with van der Waals surface area (Å²) in [5.41, 5.74) is 0. The molecule has 0 spiro atoms. The number of ether oxygens (including phenoxy) is 1. The summed E-state index contributed by atoms with van der Waals surface area (Å²) in [4.78, 5) is 15.5. The van der Waals surface area contributed by atoms with Crippen LogP contribution in [0.5, 0.6) is 0 Å². The molecule has 100 valence electrons. The number of hydrogen-bond acceptors (Lipinski definition) is 4. The summed E-state index contributed by atoms with van der Waals surface area (Å²) in [5, 5.41) is 6.35. The maximum atomic E-state index is 11.4. The van der Waals surface area contributed by atoms with Gasteiger partial charge in [0.1, 0.15) is 5.82 Å². The van der Waals surface area contributed by atoms with Gasteiger partial charge in [-0.25, -0.2) is 4.98 Å². The Kier molecular flexibility index (Phi) is 7.00. The highest BCUT2D eigenvalue weighted by Gasteiger charge is 2.04. The molecule has 1 rings (SSSR count). The van der Waals surface area contributed by atoms with E-state index >= 15 is 0 Å². The molecule has 0 saturated heterocycles. The Bertz CT molecular complexity index is 404. The number of aromatic nitrogens is 1. The summed E-state index contributed by atoms with van der Waals surface area (Å²) in [5.74, 6) is 0.647. The van der Waals surface area contributed by atoms with Gasteiger partial charge in [0, 0.05) is 32.8 Å². The van der Waals surface area contributed by atoms with Crippen molar-refractivity contribution < 1.29 is 9.53 Å². The molecular formula is C11H15BrClN3O2. The molecule has 1 aromatic rings. The zero-order valence-electron chi connectivity index (χ0n) is 10.0. The molecule has 0 aliphatic rings. The molecular weight excluding hydrogens is 321 g/mol. The number of nitrogens with one attached hydrogen (secondary N) is 2. The first-order valence-corrected chi connectivity index (χ1v) is 6.61. The monoisotopic (exact) mass is 335 g/mol. The molecule has 0 bridgehead atoms. The number of anilines is 1. The Balaban J connectivity index is 2.26. The lowest BCUT2D eigenvalue weighted by atomic mass is 10.4. The molecule has 0 aromatic carbocycles. The molecule has 1 heterocycles. The Morgan fingerprint density at radius 2 is 2.33 bits per heavy atom.